The fourth-order valence-corrected chi connectivity index (χ4v) is 7.54. The third kappa shape index (κ3) is 4.70. The molecule has 4 aliphatic carbocycles. The van der Waals surface area contributed by atoms with Gasteiger partial charge in [0.1, 0.15) is 36.6 Å². The summed E-state index contributed by atoms with van der Waals surface area (Å²) in [5.41, 5.74) is -5.24. The fraction of sp³-hybridized carbons (Fsp3) is 0.815. The zero-order valence-corrected chi connectivity index (χ0v) is 24.3. The van der Waals surface area contributed by atoms with Crippen molar-refractivity contribution in [2.75, 3.05) is 6.61 Å². The molecular weight excluding hydrogens is 523 g/mol. The molecule has 4 fully saturated rings. The molecule has 0 spiro atoms. The number of carbonyl (C=O) groups excluding carboxylic acids is 3. The summed E-state index contributed by atoms with van der Waals surface area (Å²) in [7, 11) is 0. The Bertz CT molecular complexity index is 1230. The Morgan fingerprint density at radius 2 is 1.85 bits per heavy atom. The van der Waals surface area contributed by atoms with E-state index in [1.165, 1.54) is 13.0 Å². The van der Waals surface area contributed by atoms with Crippen molar-refractivity contribution in [3.63, 3.8) is 0 Å². The quantitative estimate of drug-likeness (QED) is 0.202. The summed E-state index contributed by atoms with van der Waals surface area (Å²) >= 11 is 0. The molecule has 0 aromatic heterocycles. The van der Waals surface area contributed by atoms with Gasteiger partial charge in [0.05, 0.1) is 13.4 Å². The van der Waals surface area contributed by atoms with E-state index in [2.05, 4.69) is 0 Å². The van der Waals surface area contributed by atoms with E-state index in [9.17, 15) is 46.4 Å². The average molecular weight is 565 g/mol. The topological polar surface area (TPSA) is 194 Å². The largest absolute Gasteiger partial charge is 1.00 e. The number of Topliss-reactive ketones (excluding diaryl/α,β-unsaturated/α-hetero) is 1. The van der Waals surface area contributed by atoms with Gasteiger partial charge in [-0.2, -0.15) is 0 Å². The molecule has 5 unspecified atom stereocenters. The molecule has 12 heteroatoms. The molecule has 0 bridgehead atoms. The average Bonchev–Trinajstić information content (AvgIpc) is 3.20. The number of ether oxygens (including phenoxy) is 2. The SMILES string of the molecule is [2H]C1([2H])[C@]([2H])(O)[C@@]2([2H])[C@@H](CCC3=CC(=O)CC[C@@]32C)[C@@H]2CC[C@](O)(C(=O)COC3OC(C(=O)[O-])C(O)C(O)C3O)[C@]21C.[Na+]. The van der Waals surface area contributed by atoms with Crippen LogP contribution in [0.25, 0.3) is 0 Å². The molecule has 11 nitrogen and oxygen atoms in total. The van der Waals surface area contributed by atoms with Crippen LogP contribution in [0.3, 0.4) is 0 Å². The summed E-state index contributed by atoms with van der Waals surface area (Å²) in [6, 6.07) is 0. The number of hydrogen-bond donors (Lipinski definition) is 5. The maximum Gasteiger partial charge on any atom is 1.00 e. The second-order valence-electron chi connectivity index (χ2n) is 11.7. The number of carbonyl (C=O) groups is 3. The van der Waals surface area contributed by atoms with E-state index in [1.807, 2.05) is 0 Å². The van der Waals surface area contributed by atoms with Gasteiger partial charge < -0.3 is 44.9 Å². The van der Waals surface area contributed by atoms with Crippen LogP contribution in [-0.2, 0) is 23.9 Å². The van der Waals surface area contributed by atoms with Crippen molar-refractivity contribution in [3.05, 3.63) is 11.6 Å². The predicted molar refractivity (Wildman–Crippen MR) is 126 cm³/mol. The first kappa shape index (κ1) is 25.9. The van der Waals surface area contributed by atoms with Crippen molar-refractivity contribution in [2.45, 2.75) is 101 Å². The minimum atomic E-state index is -3.14. The Balaban J connectivity index is 0.00000423. The van der Waals surface area contributed by atoms with Gasteiger partial charge in [0.2, 0.25) is 0 Å². The molecule has 1 aliphatic heterocycles. The van der Waals surface area contributed by atoms with E-state index in [4.69, 9.17) is 13.6 Å². The second-order valence-corrected chi connectivity index (χ2v) is 11.7. The van der Waals surface area contributed by atoms with Crippen LogP contribution in [0.4, 0.5) is 0 Å². The molecular formula is C27H37NaO11. The van der Waals surface area contributed by atoms with Gasteiger partial charge in [-0.3, -0.25) is 9.59 Å². The van der Waals surface area contributed by atoms with Gasteiger partial charge in [-0.05, 0) is 67.7 Å². The van der Waals surface area contributed by atoms with Gasteiger partial charge in [-0.1, -0.05) is 19.4 Å². The third-order valence-electron chi connectivity index (χ3n) is 9.78. The summed E-state index contributed by atoms with van der Waals surface area (Å²) in [6.07, 6.45) is -14.3. The number of carboxylic acids is 1. The summed E-state index contributed by atoms with van der Waals surface area (Å²) in [6.45, 7) is 1.90. The number of rotatable bonds is 5. The minimum Gasteiger partial charge on any atom is -0.547 e. The smallest absolute Gasteiger partial charge is 0.547 e. The van der Waals surface area contributed by atoms with Crippen molar-refractivity contribution in [1.29, 1.82) is 0 Å². The third-order valence-corrected chi connectivity index (χ3v) is 9.78. The zero-order chi connectivity index (χ0) is 31.4. The van der Waals surface area contributed by atoms with Crippen molar-refractivity contribution < 1.29 is 89.5 Å². The second kappa shape index (κ2) is 10.8. The number of aliphatic hydroxyl groups is 5. The Morgan fingerprint density at radius 1 is 1.15 bits per heavy atom. The predicted octanol–water partition coefficient (Wildman–Crippen LogP) is -4.63. The number of ketones is 2. The van der Waals surface area contributed by atoms with Gasteiger partial charge in [0.25, 0.3) is 0 Å². The molecule has 5 N–H and O–H groups in total. The molecule has 0 radical (unpaired) electrons. The van der Waals surface area contributed by atoms with E-state index in [0.29, 0.717) is 12.0 Å². The van der Waals surface area contributed by atoms with Crippen LogP contribution in [0.2, 0.25) is 0 Å². The number of hydrogen-bond acceptors (Lipinski definition) is 11. The van der Waals surface area contributed by atoms with Crippen molar-refractivity contribution >= 4 is 17.5 Å². The number of fused-ring (bicyclic) bond motifs is 5. The van der Waals surface area contributed by atoms with E-state index in [1.54, 1.807) is 6.92 Å². The molecule has 1 saturated heterocycles. The molecule has 0 aromatic carbocycles. The molecule has 12 atom stereocenters. The maximum absolute atomic E-state index is 13.6. The fourth-order valence-electron chi connectivity index (χ4n) is 7.54. The molecule has 0 amide bonds. The van der Waals surface area contributed by atoms with Crippen molar-refractivity contribution in [3.8, 4) is 0 Å². The number of aliphatic hydroxyl groups excluding tert-OH is 3. The number of carboxylic acid groups (broad SMARTS) is 1. The molecule has 5 rings (SSSR count). The first-order valence-electron chi connectivity index (χ1n) is 15.0. The van der Waals surface area contributed by atoms with E-state index in [0.717, 1.165) is 0 Å². The zero-order valence-electron chi connectivity index (χ0n) is 26.3. The van der Waals surface area contributed by atoms with Crippen molar-refractivity contribution in [2.24, 2.45) is 28.6 Å². The van der Waals surface area contributed by atoms with E-state index < -0.39 is 95.7 Å². The Kier molecular flexibility index (Phi) is 7.21. The van der Waals surface area contributed by atoms with Crippen LogP contribution >= 0.6 is 0 Å². The minimum absolute atomic E-state index is 0. The normalized spacial score (nSPS) is 55.7. The summed E-state index contributed by atoms with van der Waals surface area (Å²) in [4.78, 5) is 37.1. The monoisotopic (exact) mass is 564 g/mol. The Morgan fingerprint density at radius 3 is 2.51 bits per heavy atom. The first-order valence-corrected chi connectivity index (χ1v) is 13.0. The van der Waals surface area contributed by atoms with Crippen LogP contribution in [0.1, 0.15) is 64.2 Å². The Labute approximate surface area is 254 Å². The molecule has 3 saturated carbocycles. The molecule has 39 heavy (non-hydrogen) atoms. The van der Waals surface area contributed by atoms with Gasteiger partial charge in [0, 0.05) is 15.9 Å². The molecule has 5 aliphatic rings. The van der Waals surface area contributed by atoms with Crippen molar-refractivity contribution in [1.82, 2.24) is 0 Å². The van der Waals surface area contributed by atoms with Crippen LogP contribution < -0.4 is 34.7 Å². The summed E-state index contributed by atoms with van der Waals surface area (Å²) in [5.74, 6) is -6.93. The van der Waals surface area contributed by atoms with E-state index in [-0.39, 0.29) is 67.4 Å². The van der Waals surface area contributed by atoms with Crippen LogP contribution in [0.5, 0.6) is 0 Å². The first-order chi connectivity index (χ1) is 19.2. The molecule has 0 aromatic rings. The van der Waals surface area contributed by atoms with Crippen LogP contribution in [0, 0.1) is 28.6 Å². The Hall–Kier alpha value is -0.730. The summed E-state index contributed by atoms with van der Waals surface area (Å²) in [5, 5.41) is 65.1. The summed E-state index contributed by atoms with van der Waals surface area (Å²) < 4.78 is 47.3. The number of allylic oxidation sites excluding steroid dienone is 1. The van der Waals surface area contributed by atoms with E-state index >= 15 is 0 Å². The van der Waals surface area contributed by atoms with Gasteiger partial charge >= 0.3 is 29.6 Å². The molecule has 1 heterocycles. The maximum atomic E-state index is 13.6. The van der Waals surface area contributed by atoms with Crippen LogP contribution in [-0.4, -0.2) is 92.1 Å². The van der Waals surface area contributed by atoms with Crippen LogP contribution in [0.15, 0.2) is 11.6 Å². The standard InChI is InChI=1S/C27H38O11.Na/c1-25-7-5-13(28)9-12(25)3-4-14-15-6-8-27(36,26(15,2)10-16(29)18(14)25)17(30)11-37-24-21(33)19(31)20(32)22(38-24)23(34)35;/h9,14-16,18-22,24,29,31-33,36H,3-8,10-11H2,1-2H3,(H,34,35);/q;+1/p-1/t14-,15-,16-,18+,19?,20?,21?,22?,24?,25-,26-,27-;/m0./s1/i10D2,16D,18D;. The molecule has 212 valence electrons. The van der Waals surface area contributed by atoms with Gasteiger partial charge in [-0.15, -0.1) is 0 Å². The van der Waals surface area contributed by atoms with Gasteiger partial charge in [-0.25, -0.2) is 0 Å². The number of aliphatic carboxylic acids is 1. The van der Waals surface area contributed by atoms with Gasteiger partial charge in [0.15, 0.2) is 17.9 Å².